The number of nitrogens with zero attached hydrogens (tertiary/aromatic N) is 3. The van der Waals surface area contributed by atoms with Gasteiger partial charge in [-0.3, -0.25) is 14.2 Å². The molecule has 46 heavy (non-hydrogen) atoms. The van der Waals surface area contributed by atoms with Crippen LogP contribution in [0.1, 0.15) is 57.5 Å². The summed E-state index contributed by atoms with van der Waals surface area (Å²) in [5.41, 5.74) is 2.19. The number of aryl methyl sites for hydroxylation is 1. The first-order valence-corrected chi connectivity index (χ1v) is 15.4. The highest BCUT2D eigenvalue weighted by Gasteiger charge is 2.32. The maximum absolute atomic E-state index is 13.6. The number of carbonyl (C=O) groups excluding carboxylic acids is 2. The van der Waals surface area contributed by atoms with E-state index in [0.717, 1.165) is 5.56 Å². The molecule has 11 nitrogen and oxygen atoms in total. The standard InChI is InChI=1S/C34H39ClN6O5/c1-33(2,3)21-9-8-10-22(15-21)37-29(42)19-11-12-25(35)23(13-19)24-14-20-16-36-31(40-28(20)41(7)30(24)43)38-26-17-45-18-27(26)39-32(44)46-34(4,5)6/h8-16,26-27H,17-18H2,1-7H3,(H,37,42)(H,39,44)(H,36,38,40)/t26-,27+/m1/s1. The molecule has 0 spiro atoms. The van der Waals surface area contributed by atoms with E-state index in [1.54, 1.807) is 58.3 Å². The highest BCUT2D eigenvalue weighted by molar-refractivity contribution is 6.33. The highest BCUT2D eigenvalue weighted by atomic mass is 35.5. The Bertz CT molecular complexity index is 1860. The molecule has 1 aliphatic heterocycles. The van der Waals surface area contributed by atoms with Gasteiger partial charge in [0.2, 0.25) is 5.95 Å². The van der Waals surface area contributed by atoms with Gasteiger partial charge in [0, 0.05) is 46.0 Å². The Balaban J connectivity index is 1.38. The third-order valence-corrected chi connectivity index (χ3v) is 7.88. The molecule has 2 amide bonds. The summed E-state index contributed by atoms with van der Waals surface area (Å²) in [6, 6.07) is 13.6. The van der Waals surface area contributed by atoms with Crippen LogP contribution in [0.5, 0.6) is 0 Å². The maximum Gasteiger partial charge on any atom is 0.408 e. The summed E-state index contributed by atoms with van der Waals surface area (Å²) in [5, 5.41) is 9.91. The Morgan fingerprint density at radius 1 is 1.00 bits per heavy atom. The van der Waals surface area contributed by atoms with E-state index in [4.69, 9.17) is 21.1 Å². The third-order valence-electron chi connectivity index (χ3n) is 7.55. The number of benzene rings is 2. The predicted octanol–water partition coefficient (Wildman–Crippen LogP) is 5.90. The number of anilines is 2. The number of hydrogen-bond acceptors (Lipinski definition) is 8. The van der Waals surface area contributed by atoms with Gasteiger partial charge in [-0.1, -0.05) is 44.5 Å². The zero-order valence-corrected chi connectivity index (χ0v) is 27.8. The van der Waals surface area contributed by atoms with Gasteiger partial charge in [0.15, 0.2) is 0 Å². The first-order valence-electron chi connectivity index (χ1n) is 15.0. The second kappa shape index (κ2) is 12.7. The maximum atomic E-state index is 13.6. The van der Waals surface area contributed by atoms with Crippen LogP contribution >= 0.6 is 11.6 Å². The highest BCUT2D eigenvalue weighted by Crippen LogP contribution is 2.30. The largest absolute Gasteiger partial charge is 0.444 e. The predicted molar refractivity (Wildman–Crippen MR) is 180 cm³/mol. The van der Waals surface area contributed by atoms with Gasteiger partial charge in [0.1, 0.15) is 11.2 Å². The van der Waals surface area contributed by atoms with E-state index in [-0.39, 0.29) is 34.9 Å². The summed E-state index contributed by atoms with van der Waals surface area (Å²) in [6.45, 7) is 12.3. The van der Waals surface area contributed by atoms with Gasteiger partial charge in [0.25, 0.3) is 11.5 Å². The summed E-state index contributed by atoms with van der Waals surface area (Å²) >= 11 is 6.58. The van der Waals surface area contributed by atoms with E-state index in [9.17, 15) is 14.4 Å². The summed E-state index contributed by atoms with van der Waals surface area (Å²) in [7, 11) is 1.61. The minimum Gasteiger partial charge on any atom is -0.444 e. The SMILES string of the molecule is Cn1c(=O)c(-c2cc(C(=O)Nc3cccc(C(C)(C)C)c3)ccc2Cl)cc2cnc(N[C@@H]3COC[C@@H]3NC(=O)OC(C)(C)C)nc21. The van der Waals surface area contributed by atoms with Crippen molar-refractivity contribution in [3.63, 3.8) is 0 Å². The third kappa shape index (κ3) is 7.48. The Labute approximate surface area is 272 Å². The molecular formula is C34H39ClN6O5. The van der Waals surface area contributed by atoms with E-state index in [2.05, 4.69) is 46.7 Å². The van der Waals surface area contributed by atoms with E-state index in [1.807, 2.05) is 24.3 Å². The summed E-state index contributed by atoms with van der Waals surface area (Å²) in [4.78, 5) is 48.2. The van der Waals surface area contributed by atoms with Crippen molar-refractivity contribution in [1.29, 1.82) is 0 Å². The normalized spacial score (nSPS) is 16.7. The van der Waals surface area contributed by atoms with Gasteiger partial charge >= 0.3 is 6.09 Å². The fourth-order valence-electron chi connectivity index (χ4n) is 5.11. The minimum absolute atomic E-state index is 0.0722. The lowest BCUT2D eigenvalue weighted by molar-refractivity contribution is 0.0497. The number of hydrogen-bond donors (Lipinski definition) is 3. The number of carbonyl (C=O) groups is 2. The van der Waals surface area contributed by atoms with Crippen LogP contribution in [-0.4, -0.2) is 57.4 Å². The molecule has 1 fully saturated rings. The van der Waals surface area contributed by atoms with Gasteiger partial charge in [-0.05, 0) is 68.1 Å². The molecule has 2 atom stereocenters. The van der Waals surface area contributed by atoms with Crippen LogP contribution in [0, 0.1) is 0 Å². The molecular weight excluding hydrogens is 608 g/mol. The van der Waals surface area contributed by atoms with Crippen molar-refractivity contribution >= 4 is 46.3 Å². The van der Waals surface area contributed by atoms with Gasteiger partial charge in [-0.25, -0.2) is 9.78 Å². The first-order chi connectivity index (χ1) is 21.6. The van der Waals surface area contributed by atoms with Crippen LogP contribution in [0.2, 0.25) is 5.02 Å². The zero-order valence-electron chi connectivity index (χ0n) is 27.0. The second-order valence-electron chi connectivity index (χ2n) is 13.4. The van der Waals surface area contributed by atoms with Gasteiger partial charge in [-0.2, -0.15) is 4.98 Å². The first kappa shape index (κ1) is 32.9. The van der Waals surface area contributed by atoms with Crippen LogP contribution in [0.3, 0.4) is 0 Å². The van der Waals surface area contributed by atoms with E-state index >= 15 is 0 Å². The van der Waals surface area contributed by atoms with Gasteiger partial charge in [0.05, 0.1) is 25.3 Å². The number of pyridine rings is 1. The van der Waals surface area contributed by atoms with Crippen LogP contribution in [0.25, 0.3) is 22.2 Å². The number of fused-ring (bicyclic) bond motifs is 1. The molecule has 4 aromatic rings. The van der Waals surface area contributed by atoms with Gasteiger partial charge in [-0.15, -0.1) is 0 Å². The molecule has 3 N–H and O–H groups in total. The fraction of sp³-hybridized carbons (Fsp3) is 0.382. The van der Waals surface area contributed by atoms with Crippen molar-refractivity contribution < 1.29 is 19.1 Å². The molecule has 0 aliphatic carbocycles. The zero-order chi connectivity index (χ0) is 33.4. The number of aromatic nitrogens is 3. The molecule has 2 aromatic carbocycles. The molecule has 0 saturated carbocycles. The number of ether oxygens (including phenoxy) is 2. The van der Waals surface area contributed by atoms with Crippen molar-refractivity contribution in [3.05, 3.63) is 81.2 Å². The van der Waals surface area contributed by atoms with Crippen molar-refractivity contribution in [1.82, 2.24) is 19.9 Å². The fourth-order valence-corrected chi connectivity index (χ4v) is 5.33. The number of alkyl carbamates (subject to hydrolysis) is 1. The Hall–Kier alpha value is -4.48. The lowest BCUT2D eigenvalue weighted by Gasteiger charge is -2.24. The molecule has 0 radical (unpaired) electrons. The molecule has 2 aromatic heterocycles. The quantitative estimate of drug-likeness (QED) is 0.235. The van der Waals surface area contributed by atoms with E-state index in [0.29, 0.717) is 51.6 Å². The lowest BCUT2D eigenvalue weighted by Crippen LogP contribution is -2.47. The second-order valence-corrected chi connectivity index (χ2v) is 13.8. The van der Waals surface area contributed by atoms with Crippen LogP contribution in [0.15, 0.2) is 59.5 Å². The molecule has 1 saturated heterocycles. The topological polar surface area (TPSA) is 136 Å². The van der Waals surface area contributed by atoms with Gasteiger partial charge < -0.3 is 25.4 Å². The van der Waals surface area contributed by atoms with E-state index in [1.165, 1.54) is 4.57 Å². The smallest absolute Gasteiger partial charge is 0.408 e. The average molecular weight is 647 g/mol. The molecule has 0 bridgehead atoms. The lowest BCUT2D eigenvalue weighted by atomic mass is 9.87. The van der Waals surface area contributed by atoms with E-state index < -0.39 is 11.7 Å². The number of rotatable bonds is 6. The number of halogens is 1. The van der Waals surface area contributed by atoms with Crippen LogP contribution in [-0.2, 0) is 21.9 Å². The molecule has 242 valence electrons. The molecule has 0 unspecified atom stereocenters. The molecule has 12 heteroatoms. The molecule has 5 rings (SSSR count). The van der Waals surface area contributed by atoms with Crippen LogP contribution < -0.4 is 21.5 Å². The molecule has 1 aliphatic rings. The average Bonchev–Trinajstić information content (AvgIpc) is 3.40. The monoisotopic (exact) mass is 646 g/mol. The number of nitrogens with one attached hydrogen (secondary N) is 3. The summed E-state index contributed by atoms with van der Waals surface area (Å²) in [6.07, 6.45) is 1.06. The molecule has 3 heterocycles. The van der Waals surface area contributed by atoms with Crippen molar-refractivity contribution in [2.45, 2.75) is 64.6 Å². The Morgan fingerprint density at radius 2 is 1.74 bits per heavy atom. The Morgan fingerprint density at radius 3 is 2.46 bits per heavy atom. The summed E-state index contributed by atoms with van der Waals surface area (Å²) in [5.74, 6) is -0.0510. The van der Waals surface area contributed by atoms with Crippen molar-refractivity contribution in [3.8, 4) is 11.1 Å². The van der Waals surface area contributed by atoms with Crippen molar-refractivity contribution in [2.24, 2.45) is 7.05 Å². The van der Waals surface area contributed by atoms with Crippen molar-refractivity contribution in [2.75, 3.05) is 23.8 Å². The number of amides is 2. The minimum atomic E-state index is -0.631. The van der Waals surface area contributed by atoms with Crippen LogP contribution in [0.4, 0.5) is 16.4 Å². The Kier molecular flexibility index (Phi) is 9.10. The summed E-state index contributed by atoms with van der Waals surface area (Å²) < 4.78 is 12.4.